The van der Waals surface area contributed by atoms with Gasteiger partial charge in [-0.25, -0.2) is 0 Å². The zero-order valence-electron chi connectivity index (χ0n) is 8.05. The number of hydrogen-bond donors (Lipinski definition) is 1. The minimum atomic E-state index is 0.159. The lowest BCUT2D eigenvalue weighted by Gasteiger charge is -2.15. The summed E-state index contributed by atoms with van der Waals surface area (Å²) < 4.78 is 0. The molecule has 1 aliphatic rings. The van der Waals surface area contributed by atoms with Crippen LogP contribution in [-0.4, -0.2) is 37.5 Å². The predicted molar refractivity (Wildman–Crippen MR) is 52.1 cm³/mol. The third-order valence-electron chi connectivity index (χ3n) is 2.38. The standard InChI is InChI=1S/C10H16N2O/c1-3-6-12(2)10(13)7-9-4-5-11-8-9/h1,9,11H,4-8H2,2H3. The lowest BCUT2D eigenvalue weighted by atomic mass is 10.0. The molecule has 72 valence electrons. The van der Waals surface area contributed by atoms with Crippen molar-refractivity contribution in [1.82, 2.24) is 10.2 Å². The zero-order chi connectivity index (χ0) is 9.68. The van der Waals surface area contributed by atoms with Gasteiger partial charge in [0.05, 0.1) is 6.54 Å². The van der Waals surface area contributed by atoms with Gasteiger partial charge < -0.3 is 10.2 Å². The van der Waals surface area contributed by atoms with Gasteiger partial charge in [0, 0.05) is 13.5 Å². The Kier molecular flexibility index (Phi) is 3.78. The van der Waals surface area contributed by atoms with Crippen LogP contribution in [0.4, 0.5) is 0 Å². The van der Waals surface area contributed by atoms with Crippen LogP contribution in [-0.2, 0) is 4.79 Å². The second-order valence-corrected chi connectivity index (χ2v) is 3.52. The third kappa shape index (κ3) is 3.08. The first-order valence-electron chi connectivity index (χ1n) is 4.62. The lowest BCUT2D eigenvalue weighted by Crippen LogP contribution is -2.29. The molecule has 1 unspecified atom stereocenters. The van der Waals surface area contributed by atoms with E-state index >= 15 is 0 Å². The zero-order valence-corrected chi connectivity index (χ0v) is 8.05. The molecule has 1 fully saturated rings. The van der Waals surface area contributed by atoms with Gasteiger partial charge in [0.25, 0.3) is 0 Å². The molecule has 0 bridgehead atoms. The first kappa shape index (κ1) is 10.1. The van der Waals surface area contributed by atoms with Crippen LogP contribution in [0, 0.1) is 18.3 Å². The molecule has 1 atom stereocenters. The van der Waals surface area contributed by atoms with Gasteiger partial charge in [0.2, 0.25) is 5.91 Å². The average molecular weight is 180 g/mol. The monoisotopic (exact) mass is 180 g/mol. The highest BCUT2D eigenvalue weighted by Gasteiger charge is 2.19. The van der Waals surface area contributed by atoms with Crippen molar-refractivity contribution in [3.8, 4) is 12.3 Å². The van der Waals surface area contributed by atoms with Crippen molar-refractivity contribution in [3.63, 3.8) is 0 Å². The van der Waals surface area contributed by atoms with E-state index in [-0.39, 0.29) is 5.91 Å². The summed E-state index contributed by atoms with van der Waals surface area (Å²) in [5.41, 5.74) is 0. The van der Waals surface area contributed by atoms with E-state index in [0.29, 0.717) is 18.9 Å². The molecule has 0 spiro atoms. The molecule has 3 heteroatoms. The van der Waals surface area contributed by atoms with E-state index in [0.717, 1.165) is 19.5 Å². The van der Waals surface area contributed by atoms with Crippen LogP contribution in [0.3, 0.4) is 0 Å². The van der Waals surface area contributed by atoms with Gasteiger partial charge >= 0.3 is 0 Å². The number of terminal acetylenes is 1. The molecular formula is C10H16N2O. The van der Waals surface area contributed by atoms with E-state index in [2.05, 4.69) is 11.2 Å². The minimum Gasteiger partial charge on any atom is -0.335 e. The summed E-state index contributed by atoms with van der Waals surface area (Å²) >= 11 is 0. The molecule has 0 radical (unpaired) electrons. The van der Waals surface area contributed by atoms with E-state index in [1.807, 2.05) is 0 Å². The molecule has 1 aliphatic heterocycles. The van der Waals surface area contributed by atoms with Gasteiger partial charge in [-0.15, -0.1) is 6.42 Å². The van der Waals surface area contributed by atoms with Gasteiger partial charge in [0.15, 0.2) is 0 Å². The van der Waals surface area contributed by atoms with Crippen LogP contribution >= 0.6 is 0 Å². The highest BCUT2D eigenvalue weighted by molar-refractivity contribution is 5.76. The maximum absolute atomic E-state index is 11.5. The molecule has 0 aliphatic carbocycles. The molecule has 13 heavy (non-hydrogen) atoms. The van der Waals surface area contributed by atoms with E-state index in [1.54, 1.807) is 11.9 Å². The topological polar surface area (TPSA) is 32.3 Å². The molecule has 1 amide bonds. The summed E-state index contributed by atoms with van der Waals surface area (Å²) in [5.74, 6) is 3.13. The Balaban J connectivity index is 2.27. The van der Waals surface area contributed by atoms with Crippen molar-refractivity contribution in [1.29, 1.82) is 0 Å². The second-order valence-electron chi connectivity index (χ2n) is 3.52. The van der Waals surface area contributed by atoms with Crippen LogP contribution in [0.15, 0.2) is 0 Å². The largest absolute Gasteiger partial charge is 0.335 e. The highest BCUT2D eigenvalue weighted by Crippen LogP contribution is 2.12. The maximum atomic E-state index is 11.5. The van der Waals surface area contributed by atoms with Gasteiger partial charge in [-0.2, -0.15) is 0 Å². The van der Waals surface area contributed by atoms with Gasteiger partial charge in [-0.3, -0.25) is 4.79 Å². The first-order chi connectivity index (χ1) is 6.24. The molecule has 1 saturated heterocycles. The fraction of sp³-hybridized carbons (Fsp3) is 0.700. The van der Waals surface area contributed by atoms with E-state index < -0.39 is 0 Å². The molecule has 1 N–H and O–H groups in total. The number of amides is 1. The number of nitrogens with one attached hydrogen (secondary N) is 1. The van der Waals surface area contributed by atoms with Crippen molar-refractivity contribution >= 4 is 5.91 Å². The fourth-order valence-corrected chi connectivity index (χ4v) is 1.52. The van der Waals surface area contributed by atoms with Gasteiger partial charge in [-0.05, 0) is 25.4 Å². The SMILES string of the molecule is C#CCN(C)C(=O)CC1CCNC1. The smallest absolute Gasteiger partial charge is 0.223 e. The summed E-state index contributed by atoms with van der Waals surface area (Å²) in [7, 11) is 1.75. The van der Waals surface area contributed by atoms with E-state index in [4.69, 9.17) is 6.42 Å². The lowest BCUT2D eigenvalue weighted by molar-refractivity contribution is -0.130. The normalized spacial score (nSPS) is 21.1. The van der Waals surface area contributed by atoms with Crippen molar-refractivity contribution in [2.45, 2.75) is 12.8 Å². The van der Waals surface area contributed by atoms with Crippen LogP contribution in [0.5, 0.6) is 0 Å². The van der Waals surface area contributed by atoms with E-state index in [1.165, 1.54) is 0 Å². The predicted octanol–water partition coefficient (Wildman–Crippen LogP) is 0.0776. The molecular weight excluding hydrogens is 164 g/mol. The Labute approximate surface area is 79.5 Å². The van der Waals surface area contributed by atoms with Crippen LogP contribution < -0.4 is 5.32 Å². The van der Waals surface area contributed by atoms with Crippen LogP contribution in [0.2, 0.25) is 0 Å². The molecule has 0 saturated carbocycles. The Morgan fingerprint density at radius 1 is 1.77 bits per heavy atom. The van der Waals surface area contributed by atoms with Crippen molar-refractivity contribution in [3.05, 3.63) is 0 Å². The maximum Gasteiger partial charge on any atom is 0.223 e. The van der Waals surface area contributed by atoms with Gasteiger partial charge in [0.1, 0.15) is 0 Å². The summed E-state index contributed by atoms with van der Waals surface area (Å²) in [6, 6.07) is 0. The summed E-state index contributed by atoms with van der Waals surface area (Å²) in [5, 5.41) is 3.24. The molecule has 0 aromatic rings. The Hall–Kier alpha value is -1.01. The Morgan fingerprint density at radius 2 is 2.54 bits per heavy atom. The number of carbonyl (C=O) groups is 1. The number of nitrogens with zero attached hydrogens (tertiary/aromatic N) is 1. The average Bonchev–Trinajstić information content (AvgIpc) is 2.57. The molecule has 0 aromatic carbocycles. The summed E-state index contributed by atoms with van der Waals surface area (Å²) in [6.45, 7) is 2.42. The summed E-state index contributed by atoms with van der Waals surface area (Å²) in [4.78, 5) is 13.1. The Morgan fingerprint density at radius 3 is 3.08 bits per heavy atom. The first-order valence-corrected chi connectivity index (χ1v) is 4.62. The molecule has 1 rings (SSSR count). The highest BCUT2D eigenvalue weighted by atomic mass is 16.2. The third-order valence-corrected chi connectivity index (χ3v) is 2.38. The molecule has 1 heterocycles. The minimum absolute atomic E-state index is 0.159. The molecule has 0 aromatic heterocycles. The van der Waals surface area contributed by atoms with Crippen LogP contribution in [0.25, 0.3) is 0 Å². The van der Waals surface area contributed by atoms with E-state index in [9.17, 15) is 4.79 Å². The number of carbonyl (C=O) groups excluding carboxylic acids is 1. The quantitative estimate of drug-likeness (QED) is 0.624. The van der Waals surface area contributed by atoms with Crippen molar-refractivity contribution in [2.75, 3.05) is 26.7 Å². The summed E-state index contributed by atoms with van der Waals surface area (Å²) in [6.07, 6.45) is 6.86. The van der Waals surface area contributed by atoms with Crippen molar-refractivity contribution in [2.24, 2.45) is 5.92 Å². The number of rotatable bonds is 3. The molecule has 3 nitrogen and oxygen atoms in total. The van der Waals surface area contributed by atoms with Crippen LogP contribution in [0.1, 0.15) is 12.8 Å². The van der Waals surface area contributed by atoms with Gasteiger partial charge in [-0.1, -0.05) is 5.92 Å². The second kappa shape index (κ2) is 4.88. The Bertz CT molecular complexity index is 213. The number of hydrogen-bond acceptors (Lipinski definition) is 2. The fourth-order valence-electron chi connectivity index (χ4n) is 1.52. The van der Waals surface area contributed by atoms with Crippen molar-refractivity contribution < 1.29 is 4.79 Å².